The molecule has 0 bridgehead atoms. The Hall–Kier alpha value is -2.19. The molecule has 0 aliphatic carbocycles. The Morgan fingerprint density at radius 3 is 2.68 bits per heavy atom. The third-order valence-corrected chi connectivity index (χ3v) is 5.75. The van der Waals surface area contributed by atoms with E-state index in [1.54, 1.807) is 0 Å². The number of rotatable bonds is 4. The van der Waals surface area contributed by atoms with Crippen LogP contribution in [0.25, 0.3) is 11.3 Å². The van der Waals surface area contributed by atoms with E-state index >= 15 is 0 Å². The summed E-state index contributed by atoms with van der Waals surface area (Å²) in [5.74, 6) is -0.192. The Labute approximate surface area is 147 Å². The third kappa shape index (κ3) is 4.08. The molecule has 25 heavy (non-hydrogen) atoms. The fourth-order valence-corrected chi connectivity index (χ4v) is 3.95. The number of piperidine rings is 1. The highest BCUT2D eigenvalue weighted by molar-refractivity contribution is 7.88. The molecule has 0 spiro atoms. The number of sulfonamides is 1. The van der Waals surface area contributed by atoms with Gasteiger partial charge in [-0.1, -0.05) is 23.8 Å². The Kier molecular flexibility index (Phi) is 4.91. The highest BCUT2D eigenvalue weighted by Crippen LogP contribution is 2.22. The van der Waals surface area contributed by atoms with Gasteiger partial charge in [-0.15, -0.1) is 0 Å². The zero-order chi connectivity index (χ0) is 18.0. The first-order chi connectivity index (χ1) is 11.8. The summed E-state index contributed by atoms with van der Waals surface area (Å²) in [4.78, 5) is 12.6. The Bertz CT molecular complexity index is 868. The topological polar surface area (TPSA) is 95.2 Å². The van der Waals surface area contributed by atoms with Gasteiger partial charge in [0.25, 0.3) is 5.91 Å². The molecule has 3 rings (SSSR count). The molecule has 2 heterocycles. The van der Waals surface area contributed by atoms with Crippen molar-refractivity contribution in [3.63, 3.8) is 0 Å². The summed E-state index contributed by atoms with van der Waals surface area (Å²) in [7, 11) is -3.16. The van der Waals surface area contributed by atoms with E-state index < -0.39 is 10.0 Å². The lowest BCUT2D eigenvalue weighted by Gasteiger charge is -2.30. The highest BCUT2D eigenvalue weighted by atomic mass is 32.2. The van der Waals surface area contributed by atoms with Gasteiger partial charge in [0.15, 0.2) is 0 Å². The average molecular weight is 362 g/mol. The van der Waals surface area contributed by atoms with Gasteiger partial charge in [-0.2, -0.15) is 5.10 Å². The molecule has 8 heteroatoms. The normalized spacial score (nSPS) is 16.7. The lowest BCUT2D eigenvalue weighted by atomic mass is 10.0. The predicted molar refractivity (Wildman–Crippen MR) is 95.7 cm³/mol. The minimum absolute atomic E-state index is 0.0363. The maximum atomic E-state index is 12.6. The van der Waals surface area contributed by atoms with Crippen molar-refractivity contribution < 1.29 is 13.2 Å². The average Bonchev–Trinajstić information content (AvgIpc) is 3.04. The largest absolute Gasteiger partial charge is 0.349 e. The first-order valence-corrected chi connectivity index (χ1v) is 10.1. The van der Waals surface area contributed by atoms with Crippen LogP contribution in [0.1, 0.15) is 28.8 Å². The molecule has 1 aliphatic rings. The predicted octanol–water partition coefficient (Wildman–Crippen LogP) is 1.54. The number of carbonyl (C=O) groups is 1. The van der Waals surface area contributed by atoms with E-state index in [-0.39, 0.29) is 11.9 Å². The van der Waals surface area contributed by atoms with Crippen LogP contribution in [-0.4, -0.2) is 54.2 Å². The zero-order valence-corrected chi connectivity index (χ0v) is 15.1. The van der Waals surface area contributed by atoms with Gasteiger partial charge in [0.1, 0.15) is 0 Å². The van der Waals surface area contributed by atoms with Crippen LogP contribution in [0.2, 0.25) is 0 Å². The van der Waals surface area contributed by atoms with E-state index in [4.69, 9.17) is 0 Å². The van der Waals surface area contributed by atoms with E-state index in [1.165, 1.54) is 16.8 Å². The number of aromatic nitrogens is 2. The summed E-state index contributed by atoms with van der Waals surface area (Å²) in [6.45, 7) is 2.86. The monoisotopic (exact) mass is 362 g/mol. The van der Waals surface area contributed by atoms with Gasteiger partial charge in [-0.25, -0.2) is 12.7 Å². The summed E-state index contributed by atoms with van der Waals surface area (Å²) in [5.41, 5.74) is 3.20. The Balaban J connectivity index is 1.69. The molecule has 0 saturated carbocycles. The fourth-order valence-electron chi connectivity index (χ4n) is 3.07. The number of benzene rings is 1. The summed E-state index contributed by atoms with van der Waals surface area (Å²) >= 11 is 0. The minimum atomic E-state index is -3.16. The van der Waals surface area contributed by atoms with E-state index in [1.807, 2.05) is 31.2 Å². The van der Waals surface area contributed by atoms with E-state index in [2.05, 4.69) is 15.5 Å². The number of H-pyrrole nitrogens is 1. The van der Waals surface area contributed by atoms with Gasteiger partial charge in [0.2, 0.25) is 10.0 Å². The van der Waals surface area contributed by atoms with Crippen LogP contribution >= 0.6 is 0 Å². The molecule has 1 saturated heterocycles. The number of amides is 1. The summed E-state index contributed by atoms with van der Waals surface area (Å²) in [6.07, 6.45) is 3.96. The summed E-state index contributed by atoms with van der Waals surface area (Å²) < 4.78 is 24.6. The fraction of sp³-hybridized carbons (Fsp3) is 0.412. The molecular weight excluding hydrogens is 340 g/mol. The Morgan fingerprint density at radius 1 is 1.32 bits per heavy atom. The lowest BCUT2D eigenvalue weighted by Crippen LogP contribution is -2.46. The molecule has 1 amide bonds. The van der Waals surface area contributed by atoms with Gasteiger partial charge >= 0.3 is 0 Å². The minimum Gasteiger partial charge on any atom is -0.349 e. The quantitative estimate of drug-likeness (QED) is 0.862. The first kappa shape index (κ1) is 17.6. The van der Waals surface area contributed by atoms with Crippen LogP contribution in [-0.2, 0) is 10.0 Å². The van der Waals surface area contributed by atoms with Crippen molar-refractivity contribution in [1.82, 2.24) is 19.8 Å². The van der Waals surface area contributed by atoms with Crippen molar-refractivity contribution in [3.05, 3.63) is 41.6 Å². The van der Waals surface area contributed by atoms with Crippen molar-refractivity contribution in [1.29, 1.82) is 0 Å². The second-order valence-electron chi connectivity index (χ2n) is 6.44. The second-order valence-corrected chi connectivity index (χ2v) is 8.42. The summed E-state index contributed by atoms with van der Waals surface area (Å²) in [6, 6.07) is 7.82. The van der Waals surface area contributed by atoms with Gasteiger partial charge < -0.3 is 5.32 Å². The maximum absolute atomic E-state index is 12.6. The number of nitrogens with zero attached hydrogens (tertiary/aromatic N) is 2. The number of hydrogen-bond acceptors (Lipinski definition) is 4. The molecular formula is C17H22N4O3S. The van der Waals surface area contributed by atoms with Crippen molar-refractivity contribution in [2.24, 2.45) is 0 Å². The van der Waals surface area contributed by atoms with Crippen LogP contribution in [0, 0.1) is 6.92 Å². The maximum Gasteiger partial charge on any atom is 0.255 e. The van der Waals surface area contributed by atoms with Gasteiger partial charge in [0.05, 0.1) is 23.7 Å². The van der Waals surface area contributed by atoms with E-state index in [0.29, 0.717) is 37.2 Å². The smallest absolute Gasteiger partial charge is 0.255 e. The molecule has 1 fully saturated rings. The van der Waals surface area contributed by atoms with Gasteiger partial charge in [0, 0.05) is 24.7 Å². The standard InChI is InChI=1S/C17H22N4O3S/c1-12-4-3-5-13(10-12)16-15(11-18-20-16)17(22)19-14-6-8-21(9-7-14)25(2,23)24/h3-5,10-11,14H,6-9H2,1-2H3,(H,18,20)(H,19,22). The molecule has 1 aromatic heterocycles. The van der Waals surface area contributed by atoms with Crippen LogP contribution in [0.4, 0.5) is 0 Å². The third-order valence-electron chi connectivity index (χ3n) is 4.45. The lowest BCUT2D eigenvalue weighted by molar-refractivity contribution is 0.0924. The zero-order valence-electron chi connectivity index (χ0n) is 14.3. The molecule has 1 aliphatic heterocycles. The van der Waals surface area contributed by atoms with Crippen molar-refractivity contribution in [2.45, 2.75) is 25.8 Å². The number of hydrogen-bond donors (Lipinski definition) is 2. The Morgan fingerprint density at radius 2 is 2.04 bits per heavy atom. The van der Waals surface area contributed by atoms with Crippen LogP contribution in [0.5, 0.6) is 0 Å². The number of carbonyl (C=O) groups excluding carboxylic acids is 1. The number of nitrogens with one attached hydrogen (secondary N) is 2. The van der Waals surface area contributed by atoms with E-state index in [0.717, 1.165) is 11.1 Å². The van der Waals surface area contributed by atoms with Crippen LogP contribution in [0.3, 0.4) is 0 Å². The van der Waals surface area contributed by atoms with E-state index in [9.17, 15) is 13.2 Å². The molecule has 2 aromatic rings. The second kappa shape index (κ2) is 6.97. The molecule has 0 atom stereocenters. The van der Waals surface area contributed by atoms with Gasteiger partial charge in [-0.05, 0) is 25.8 Å². The summed E-state index contributed by atoms with van der Waals surface area (Å²) in [5, 5.41) is 9.91. The highest BCUT2D eigenvalue weighted by Gasteiger charge is 2.26. The van der Waals surface area contributed by atoms with Crippen molar-refractivity contribution in [3.8, 4) is 11.3 Å². The first-order valence-electron chi connectivity index (χ1n) is 8.21. The molecule has 1 aromatic carbocycles. The number of aryl methyl sites for hydroxylation is 1. The molecule has 7 nitrogen and oxygen atoms in total. The van der Waals surface area contributed by atoms with Crippen LogP contribution < -0.4 is 5.32 Å². The molecule has 134 valence electrons. The van der Waals surface area contributed by atoms with Crippen molar-refractivity contribution in [2.75, 3.05) is 19.3 Å². The molecule has 0 unspecified atom stereocenters. The van der Waals surface area contributed by atoms with Crippen LogP contribution in [0.15, 0.2) is 30.5 Å². The molecule has 2 N–H and O–H groups in total. The molecule has 0 radical (unpaired) electrons. The van der Waals surface area contributed by atoms with Crippen molar-refractivity contribution >= 4 is 15.9 Å². The SMILES string of the molecule is Cc1cccc(-c2[nH]ncc2C(=O)NC2CCN(S(C)(=O)=O)CC2)c1. The van der Waals surface area contributed by atoms with Gasteiger partial charge in [-0.3, -0.25) is 9.89 Å². The number of aromatic amines is 1.